The first kappa shape index (κ1) is 56.4. The number of amides is 4. The van der Waals surface area contributed by atoms with E-state index >= 15 is 4.39 Å². The van der Waals surface area contributed by atoms with Crippen molar-refractivity contribution in [1.82, 2.24) is 25.0 Å². The van der Waals surface area contributed by atoms with E-state index in [1.165, 1.54) is 31.9 Å². The first-order valence-corrected chi connectivity index (χ1v) is 24.8. The number of methoxy groups -OCH3 is 2. The first-order valence-electron chi connectivity index (χ1n) is 23.9. The van der Waals surface area contributed by atoms with Crippen LogP contribution < -0.4 is 15.4 Å². The van der Waals surface area contributed by atoms with Gasteiger partial charge in [0.15, 0.2) is 0 Å². The Balaban J connectivity index is 0.00000212. The number of carbonyl (C=O) groups is 4. The molecule has 3 fully saturated rings. The van der Waals surface area contributed by atoms with Crippen LogP contribution in [-0.2, 0) is 19.1 Å². The zero-order valence-electron chi connectivity index (χ0n) is 41.3. The van der Waals surface area contributed by atoms with Gasteiger partial charge in [-0.15, -0.1) is 11.3 Å². The summed E-state index contributed by atoms with van der Waals surface area (Å²) in [7, 11) is 2.57. The van der Waals surface area contributed by atoms with Crippen molar-refractivity contribution < 1.29 is 37.8 Å². The number of hydrogen-bond donors (Lipinski definition) is 2. The molecule has 20 heteroatoms. The van der Waals surface area contributed by atoms with Crippen LogP contribution in [0.15, 0.2) is 70.2 Å². The lowest BCUT2D eigenvalue weighted by molar-refractivity contribution is -0.134. The minimum atomic E-state index is -0.737. The van der Waals surface area contributed by atoms with Crippen LogP contribution in [0, 0.1) is 17.7 Å². The van der Waals surface area contributed by atoms with Gasteiger partial charge in [-0.05, 0) is 120 Å². The zero-order chi connectivity index (χ0) is 47.5. The van der Waals surface area contributed by atoms with Crippen LogP contribution in [0.1, 0.15) is 113 Å². The summed E-state index contributed by atoms with van der Waals surface area (Å²) in [5, 5.41) is 8.55. The lowest BCUT2D eigenvalue weighted by atomic mass is 9.95. The van der Waals surface area contributed by atoms with Crippen LogP contribution >= 0.6 is 65.3 Å². The molecule has 0 spiro atoms. The highest BCUT2D eigenvalue weighted by Gasteiger charge is 2.41. The van der Waals surface area contributed by atoms with Crippen molar-refractivity contribution in [3.05, 3.63) is 87.6 Å². The molecule has 7 heterocycles. The summed E-state index contributed by atoms with van der Waals surface area (Å²) in [4.78, 5) is 66.7. The molecule has 14 nitrogen and oxygen atoms in total. The number of carbonyl (C=O) groups excluding carboxylic acids is 4. The summed E-state index contributed by atoms with van der Waals surface area (Å²) in [5.74, 6) is 0.0421. The minimum absolute atomic E-state index is 0. The predicted molar refractivity (Wildman–Crippen MR) is 302 cm³/mol. The van der Waals surface area contributed by atoms with E-state index in [1.807, 2.05) is 49.8 Å². The van der Waals surface area contributed by atoms with Crippen molar-refractivity contribution in [2.75, 3.05) is 27.3 Å². The van der Waals surface area contributed by atoms with Crippen LogP contribution in [0.25, 0.3) is 33.3 Å². The van der Waals surface area contributed by atoms with Crippen molar-refractivity contribution in [2.45, 2.75) is 115 Å². The number of ether oxygens (including phenoxy) is 3. The third-order valence-electron chi connectivity index (χ3n) is 14.4. The lowest BCUT2D eigenvalue weighted by Gasteiger charge is -2.31. The molecule has 2 N–H and O–H groups in total. The Kier molecular flexibility index (Phi) is 18.1. The van der Waals surface area contributed by atoms with Crippen LogP contribution in [0.5, 0.6) is 5.75 Å². The maximum absolute atomic E-state index is 17.0. The van der Waals surface area contributed by atoms with Gasteiger partial charge in [-0.25, -0.2) is 14.0 Å². The number of thiophene rings is 1. The van der Waals surface area contributed by atoms with E-state index in [4.69, 9.17) is 24.2 Å². The van der Waals surface area contributed by atoms with Gasteiger partial charge in [-0.2, -0.15) is 54.0 Å². The minimum Gasteiger partial charge on any atom is -0.465 e. The van der Waals surface area contributed by atoms with Crippen molar-refractivity contribution in [3.8, 4) is 17.0 Å². The Labute approximate surface area is 452 Å². The molecule has 388 valence electrons. The fourth-order valence-electron chi connectivity index (χ4n) is 10.6. The van der Waals surface area contributed by atoms with Crippen molar-refractivity contribution in [3.63, 3.8) is 0 Å². The number of nitrogens with one attached hydrogen (secondary N) is 2. The maximum Gasteiger partial charge on any atom is 0.407 e. The standard InChI is InChI=1S/C52H58FN7O7S.4H2S/c1-27(2)46(56-51(63)65-5)48(61)58-15-7-9-40(58)37-19-33(24-54-37)30-13-14-39-32(17-30)21-42-45-36(53)18-31(22-43(45)67-50(60(39)42)35-23-44(68-26-35)29-11-12-29)34-20-38(55-25-34)41-10-8-16-59(41)49(62)47(28(3)4)57-52(64)66-6;;;;/h13-14,17-18,21-29,40-41,46-47,50H,7-12,15-16,19-20H2,1-6H3,(H,56,63)(H,57,64);4*1H2/t40-,41-,46-,47-,50?;;;;/m0..../s1. The van der Waals surface area contributed by atoms with Gasteiger partial charge in [-0.3, -0.25) is 19.6 Å². The maximum atomic E-state index is 17.0. The molecule has 2 aromatic heterocycles. The highest BCUT2D eigenvalue weighted by atomic mass is 32.1. The molecule has 2 aromatic carbocycles. The van der Waals surface area contributed by atoms with Crippen LogP contribution in [0.3, 0.4) is 0 Å². The number of aromatic nitrogens is 1. The summed E-state index contributed by atoms with van der Waals surface area (Å²) in [6, 6.07) is 12.2. The molecule has 1 aliphatic carbocycles. The number of aliphatic imine (C=N–C) groups is 2. The third-order valence-corrected chi connectivity index (χ3v) is 15.5. The fraction of sp³-hybridized carbons (Fsp3) is 0.462. The van der Waals surface area contributed by atoms with Gasteiger partial charge in [0.1, 0.15) is 23.7 Å². The Bertz CT molecular complexity index is 2860. The van der Waals surface area contributed by atoms with Gasteiger partial charge in [0, 0.05) is 65.6 Å². The molecule has 4 amide bonds. The molecule has 5 atom stereocenters. The highest BCUT2D eigenvalue weighted by molar-refractivity contribution is 7.59. The van der Waals surface area contributed by atoms with Gasteiger partial charge in [0.25, 0.3) is 0 Å². The smallest absolute Gasteiger partial charge is 0.407 e. The van der Waals surface area contributed by atoms with Gasteiger partial charge in [-0.1, -0.05) is 33.8 Å². The molecular weight excluding hydrogens is 1010 g/mol. The van der Waals surface area contributed by atoms with E-state index < -0.39 is 36.3 Å². The molecule has 1 saturated carbocycles. The average molecular weight is 1080 g/mol. The van der Waals surface area contributed by atoms with Crippen LogP contribution in [0.2, 0.25) is 0 Å². The second-order valence-electron chi connectivity index (χ2n) is 19.5. The van der Waals surface area contributed by atoms with E-state index in [2.05, 4.69) is 50.9 Å². The molecule has 4 aromatic rings. The van der Waals surface area contributed by atoms with E-state index in [0.717, 1.165) is 76.0 Å². The second kappa shape index (κ2) is 23.1. The molecule has 6 aliphatic rings. The molecule has 10 rings (SSSR count). The van der Waals surface area contributed by atoms with E-state index in [1.54, 1.807) is 23.6 Å². The summed E-state index contributed by atoms with van der Waals surface area (Å²) in [6.45, 7) is 8.74. The monoisotopic (exact) mass is 1080 g/mol. The number of rotatable bonds is 12. The Morgan fingerprint density at radius 1 is 0.736 bits per heavy atom. The third kappa shape index (κ3) is 10.7. The number of nitrogens with zero attached hydrogens (tertiary/aromatic N) is 5. The normalized spacial score (nSPS) is 20.5. The van der Waals surface area contributed by atoms with E-state index in [0.29, 0.717) is 48.7 Å². The van der Waals surface area contributed by atoms with Gasteiger partial charge < -0.3 is 39.2 Å². The van der Waals surface area contributed by atoms with Gasteiger partial charge >= 0.3 is 12.2 Å². The molecular formula is C52H66FN7O7S5. The van der Waals surface area contributed by atoms with Crippen molar-refractivity contribution in [1.29, 1.82) is 0 Å². The van der Waals surface area contributed by atoms with E-state index in [-0.39, 0.29) is 89.7 Å². The van der Waals surface area contributed by atoms with E-state index in [9.17, 15) is 19.2 Å². The molecule has 72 heavy (non-hydrogen) atoms. The zero-order valence-corrected chi connectivity index (χ0v) is 46.2. The summed E-state index contributed by atoms with van der Waals surface area (Å²) in [6.07, 6.45) is 8.44. The summed E-state index contributed by atoms with van der Waals surface area (Å²) >= 11 is 1.75. The lowest BCUT2D eigenvalue weighted by Crippen LogP contribution is -2.53. The topological polar surface area (TPSA) is 156 Å². The van der Waals surface area contributed by atoms with Crippen molar-refractivity contribution >= 4 is 123 Å². The quantitative estimate of drug-likeness (QED) is 0.143. The number of likely N-dealkylation sites (tertiary alicyclic amines) is 2. The van der Waals surface area contributed by atoms with Crippen LogP contribution in [-0.4, -0.2) is 101 Å². The summed E-state index contributed by atoms with van der Waals surface area (Å²) < 4.78 is 35.6. The number of hydrogen-bond acceptors (Lipinski definition) is 10. The number of allylic oxidation sites excluding steroid dienone is 2. The first-order chi connectivity index (χ1) is 32.8. The molecule has 0 bridgehead atoms. The SMILES string of the molecule is COC(=O)N[C@H](C(=O)N1CCC[C@H]1C1=NC=C(c2cc(F)c3c(c2)OC(c2csc(C4CC4)c2)n2c-3cc3cc(C4=CN=C([C@@H]5CCCN5C(=O)[C@@H](NC(=O)OC)C(C)C)C4)ccc32)C1)C(C)C.S.S.S.S. The molecule has 1 unspecified atom stereocenters. The number of halogens is 1. The second-order valence-corrected chi connectivity index (χ2v) is 20.5. The molecule has 0 radical (unpaired) electrons. The molecule has 2 saturated heterocycles. The fourth-order valence-corrected chi connectivity index (χ4v) is 11.7. The number of alkyl carbamates (subject to hydrolysis) is 2. The van der Waals surface area contributed by atoms with Crippen LogP contribution in [0.4, 0.5) is 14.0 Å². The number of benzene rings is 2. The van der Waals surface area contributed by atoms with Gasteiger partial charge in [0.05, 0.1) is 43.1 Å². The largest absolute Gasteiger partial charge is 0.465 e. The van der Waals surface area contributed by atoms with Gasteiger partial charge in [0.2, 0.25) is 18.0 Å². The highest BCUT2D eigenvalue weighted by Crippen LogP contribution is 2.50. The predicted octanol–water partition coefficient (Wildman–Crippen LogP) is 9.89. The Hall–Kier alpha value is -4.89. The van der Waals surface area contributed by atoms with Crippen molar-refractivity contribution in [2.24, 2.45) is 21.8 Å². The Morgan fingerprint density at radius 2 is 1.29 bits per heavy atom. The Morgan fingerprint density at radius 3 is 1.82 bits per heavy atom. The number of fused-ring (bicyclic) bond motifs is 5. The average Bonchev–Trinajstić information content (AvgIpc) is 4.05. The molecule has 5 aliphatic heterocycles. The summed E-state index contributed by atoms with van der Waals surface area (Å²) in [5.41, 5.74) is 8.34.